The second kappa shape index (κ2) is 5.68. The van der Waals surface area contributed by atoms with Crippen LogP contribution in [0, 0.1) is 20.8 Å². The van der Waals surface area contributed by atoms with E-state index in [1.54, 1.807) is 0 Å². The quantitative estimate of drug-likeness (QED) is 0.771. The number of rotatable bonds is 4. The number of aryl methyl sites for hydroxylation is 3. The van der Waals surface area contributed by atoms with Crippen molar-refractivity contribution >= 4 is 11.5 Å². The van der Waals surface area contributed by atoms with Crippen LogP contribution in [0.1, 0.15) is 61.1 Å². The lowest BCUT2D eigenvalue weighted by molar-refractivity contribution is 0.789. The van der Waals surface area contributed by atoms with Crippen molar-refractivity contribution in [2.45, 2.75) is 53.5 Å². The Balaban J connectivity index is 2.04. The van der Waals surface area contributed by atoms with E-state index >= 15 is 0 Å². The van der Waals surface area contributed by atoms with E-state index in [0.717, 1.165) is 34.2 Å². The van der Waals surface area contributed by atoms with E-state index < -0.39 is 0 Å². The molecule has 3 heterocycles. The molecule has 0 aromatic carbocycles. The molecule has 2 N–H and O–H groups in total. The second-order valence-corrected chi connectivity index (χ2v) is 6.49. The Hall–Kier alpha value is -2.37. The molecule has 23 heavy (non-hydrogen) atoms. The predicted octanol–water partition coefficient (Wildman–Crippen LogP) is 3.67. The van der Waals surface area contributed by atoms with E-state index in [1.165, 1.54) is 5.56 Å². The summed E-state index contributed by atoms with van der Waals surface area (Å²) in [6.45, 7) is 12.5. The van der Waals surface area contributed by atoms with Gasteiger partial charge in [-0.2, -0.15) is 14.7 Å². The highest BCUT2D eigenvalue weighted by Gasteiger charge is 2.17. The lowest BCUT2D eigenvalue weighted by Crippen LogP contribution is -2.13. The van der Waals surface area contributed by atoms with Gasteiger partial charge in [-0.05, 0) is 33.6 Å². The maximum absolute atomic E-state index is 4.70. The van der Waals surface area contributed by atoms with Crippen LogP contribution in [0.3, 0.4) is 0 Å². The number of aromatic nitrogens is 5. The number of fused-ring (bicyclic) bond motifs is 1. The summed E-state index contributed by atoms with van der Waals surface area (Å²) in [6, 6.07) is 4.23. The van der Waals surface area contributed by atoms with Gasteiger partial charge in [0.25, 0.3) is 0 Å². The molecule has 122 valence electrons. The molecule has 3 aromatic rings. The Morgan fingerprint density at radius 3 is 2.48 bits per heavy atom. The van der Waals surface area contributed by atoms with Gasteiger partial charge in [0.1, 0.15) is 5.82 Å². The van der Waals surface area contributed by atoms with Gasteiger partial charge in [0.05, 0.1) is 17.4 Å². The molecular formula is C17H24N6. The number of hydrogen-bond donors (Lipinski definition) is 2. The number of aromatic amines is 1. The minimum Gasteiger partial charge on any atom is -0.363 e. The zero-order valence-electron chi connectivity index (χ0n) is 14.6. The van der Waals surface area contributed by atoms with Gasteiger partial charge in [0.15, 0.2) is 5.65 Å². The molecule has 3 rings (SSSR count). The monoisotopic (exact) mass is 312 g/mol. The molecule has 0 radical (unpaired) electrons. The molecule has 6 nitrogen and oxygen atoms in total. The molecule has 0 aliphatic carbocycles. The largest absolute Gasteiger partial charge is 0.363 e. The Morgan fingerprint density at radius 1 is 1.13 bits per heavy atom. The van der Waals surface area contributed by atoms with Crippen LogP contribution < -0.4 is 5.32 Å². The summed E-state index contributed by atoms with van der Waals surface area (Å²) in [5.74, 6) is 1.32. The highest BCUT2D eigenvalue weighted by molar-refractivity contribution is 5.52. The lowest BCUT2D eigenvalue weighted by Gasteiger charge is -2.18. The summed E-state index contributed by atoms with van der Waals surface area (Å²) >= 11 is 0. The minimum atomic E-state index is 0.129. The third-order valence-corrected chi connectivity index (χ3v) is 4.14. The molecule has 0 aliphatic rings. The van der Waals surface area contributed by atoms with Crippen LogP contribution in [-0.4, -0.2) is 24.8 Å². The van der Waals surface area contributed by atoms with Crippen molar-refractivity contribution in [1.29, 1.82) is 0 Å². The zero-order chi connectivity index (χ0) is 16.7. The van der Waals surface area contributed by atoms with E-state index in [0.29, 0.717) is 5.92 Å². The first-order valence-corrected chi connectivity index (χ1v) is 8.02. The van der Waals surface area contributed by atoms with Gasteiger partial charge >= 0.3 is 0 Å². The Morgan fingerprint density at radius 2 is 1.87 bits per heavy atom. The molecule has 0 saturated heterocycles. The van der Waals surface area contributed by atoms with E-state index in [9.17, 15) is 0 Å². The molecule has 0 bridgehead atoms. The van der Waals surface area contributed by atoms with Crippen molar-refractivity contribution in [1.82, 2.24) is 24.8 Å². The van der Waals surface area contributed by atoms with Gasteiger partial charge in [-0.3, -0.25) is 5.10 Å². The van der Waals surface area contributed by atoms with Crippen molar-refractivity contribution in [3.63, 3.8) is 0 Å². The van der Waals surface area contributed by atoms with Gasteiger partial charge in [-0.1, -0.05) is 13.8 Å². The summed E-state index contributed by atoms with van der Waals surface area (Å²) in [5.41, 5.74) is 6.22. The highest BCUT2D eigenvalue weighted by atomic mass is 15.3. The molecule has 0 fully saturated rings. The maximum Gasteiger partial charge on any atom is 0.157 e. The zero-order valence-corrected chi connectivity index (χ0v) is 14.6. The fourth-order valence-electron chi connectivity index (χ4n) is 3.00. The van der Waals surface area contributed by atoms with Crippen LogP contribution >= 0.6 is 0 Å². The number of nitrogens with zero attached hydrogens (tertiary/aromatic N) is 4. The lowest BCUT2D eigenvalue weighted by atomic mass is 10.1. The van der Waals surface area contributed by atoms with E-state index in [2.05, 4.69) is 47.5 Å². The molecule has 6 heteroatoms. The third kappa shape index (κ3) is 2.81. The molecule has 1 unspecified atom stereocenters. The maximum atomic E-state index is 4.70. The van der Waals surface area contributed by atoms with E-state index in [4.69, 9.17) is 4.98 Å². The summed E-state index contributed by atoms with van der Waals surface area (Å²) in [5, 5.41) is 15.5. The molecule has 0 saturated carbocycles. The van der Waals surface area contributed by atoms with Crippen LogP contribution in [0.25, 0.3) is 5.65 Å². The number of nitrogens with one attached hydrogen (secondary N) is 2. The van der Waals surface area contributed by atoms with Crippen LogP contribution in [0.5, 0.6) is 0 Å². The summed E-state index contributed by atoms with van der Waals surface area (Å²) in [4.78, 5) is 4.70. The first kappa shape index (κ1) is 15.5. The summed E-state index contributed by atoms with van der Waals surface area (Å²) in [7, 11) is 0. The molecule has 0 aliphatic heterocycles. The van der Waals surface area contributed by atoms with Gasteiger partial charge < -0.3 is 5.32 Å². The van der Waals surface area contributed by atoms with Crippen LogP contribution in [0.4, 0.5) is 5.82 Å². The SMILES string of the molecule is Cc1cc2nc(C(C)C)cc(NC(C)c3c(C)n[nH]c3C)n2n1. The standard InChI is InChI=1S/C17H24N6/c1-9(2)14-8-16(23-15(19-14)7-10(3)22-23)18-11(4)17-12(5)20-21-13(17)6/h7-9,11,18H,1-6H3,(H,20,21). The summed E-state index contributed by atoms with van der Waals surface area (Å²) < 4.78 is 1.88. The van der Waals surface area contributed by atoms with Crippen molar-refractivity contribution in [2.24, 2.45) is 0 Å². The van der Waals surface area contributed by atoms with Gasteiger partial charge in [-0.15, -0.1) is 0 Å². The second-order valence-electron chi connectivity index (χ2n) is 6.49. The minimum absolute atomic E-state index is 0.129. The first-order valence-electron chi connectivity index (χ1n) is 8.02. The average Bonchev–Trinajstić information content (AvgIpc) is 3.00. The number of H-pyrrole nitrogens is 1. The third-order valence-electron chi connectivity index (χ3n) is 4.14. The van der Waals surface area contributed by atoms with Crippen molar-refractivity contribution in [3.05, 3.63) is 40.5 Å². The fraction of sp³-hybridized carbons (Fsp3) is 0.471. The predicted molar refractivity (Wildman–Crippen MR) is 91.9 cm³/mol. The average molecular weight is 312 g/mol. The van der Waals surface area contributed by atoms with Gasteiger partial charge in [-0.25, -0.2) is 4.98 Å². The molecule has 1 atom stereocenters. The smallest absolute Gasteiger partial charge is 0.157 e. The van der Waals surface area contributed by atoms with Crippen LogP contribution in [0.2, 0.25) is 0 Å². The van der Waals surface area contributed by atoms with E-state index in [1.807, 2.05) is 31.4 Å². The summed E-state index contributed by atoms with van der Waals surface area (Å²) in [6.07, 6.45) is 0. The topological polar surface area (TPSA) is 70.9 Å². The number of hydrogen-bond acceptors (Lipinski definition) is 4. The number of anilines is 1. The molecule has 3 aromatic heterocycles. The van der Waals surface area contributed by atoms with Crippen molar-refractivity contribution < 1.29 is 0 Å². The van der Waals surface area contributed by atoms with Gasteiger partial charge in [0, 0.05) is 29.1 Å². The van der Waals surface area contributed by atoms with Crippen LogP contribution in [-0.2, 0) is 0 Å². The van der Waals surface area contributed by atoms with Crippen LogP contribution in [0.15, 0.2) is 12.1 Å². The fourth-order valence-corrected chi connectivity index (χ4v) is 3.00. The Bertz CT molecular complexity index is 823. The Labute approximate surface area is 136 Å². The molecule has 0 spiro atoms. The highest BCUT2D eigenvalue weighted by Crippen LogP contribution is 2.26. The first-order chi connectivity index (χ1) is 10.9. The Kier molecular flexibility index (Phi) is 3.83. The van der Waals surface area contributed by atoms with Crippen molar-refractivity contribution in [3.8, 4) is 0 Å². The van der Waals surface area contributed by atoms with Crippen molar-refractivity contribution in [2.75, 3.05) is 5.32 Å². The normalized spacial score (nSPS) is 13.0. The molecular weight excluding hydrogens is 288 g/mol. The van der Waals surface area contributed by atoms with E-state index in [-0.39, 0.29) is 6.04 Å². The van der Waals surface area contributed by atoms with Gasteiger partial charge in [0.2, 0.25) is 0 Å². The molecule has 0 amide bonds.